The first-order chi connectivity index (χ1) is 18.9. The smallest absolute Gasteiger partial charge is 0.243 e. The molecule has 204 valence electrons. The number of hydrogen-bond donors (Lipinski definition) is 1. The number of rotatable bonds is 6. The molecule has 39 heavy (non-hydrogen) atoms. The summed E-state index contributed by atoms with van der Waals surface area (Å²) in [5, 5.41) is 9.22. The second kappa shape index (κ2) is 10.8. The molecule has 8 heteroatoms. The van der Waals surface area contributed by atoms with Crippen LogP contribution in [0.2, 0.25) is 0 Å². The summed E-state index contributed by atoms with van der Waals surface area (Å²) in [6.45, 7) is 3.29. The third-order valence-electron chi connectivity index (χ3n) is 8.52. The first-order valence-electron chi connectivity index (χ1n) is 14.0. The average molecular weight is 544 g/mol. The summed E-state index contributed by atoms with van der Waals surface area (Å²) in [6.07, 6.45) is 6.00. The molecule has 0 spiro atoms. The summed E-state index contributed by atoms with van der Waals surface area (Å²) in [4.78, 5) is 2.52. The molecule has 6 rings (SSSR count). The van der Waals surface area contributed by atoms with Gasteiger partial charge in [0.1, 0.15) is 0 Å². The predicted molar refractivity (Wildman–Crippen MR) is 157 cm³/mol. The van der Waals surface area contributed by atoms with Gasteiger partial charge >= 0.3 is 0 Å². The molecule has 7 nitrogen and oxygen atoms in total. The van der Waals surface area contributed by atoms with Gasteiger partial charge in [0, 0.05) is 24.5 Å². The van der Waals surface area contributed by atoms with Gasteiger partial charge in [0.2, 0.25) is 10.0 Å². The van der Waals surface area contributed by atoms with Gasteiger partial charge in [0.15, 0.2) is 0 Å². The lowest BCUT2D eigenvalue weighted by Gasteiger charge is -2.34. The van der Waals surface area contributed by atoms with Gasteiger partial charge in [-0.1, -0.05) is 36.4 Å². The monoisotopic (exact) mass is 543 g/mol. The van der Waals surface area contributed by atoms with E-state index >= 15 is 0 Å². The fourth-order valence-electron chi connectivity index (χ4n) is 6.11. The summed E-state index contributed by atoms with van der Waals surface area (Å²) in [7, 11) is 0.602. The van der Waals surface area contributed by atoms with Crippen LogP contribution >= 0.6 is 0 Å². The zero-order valence-electron chi connectivity index (χ0n) is 22.8. The molecule has 2 fully saturated rings. The van der Waals surface area contributed by atoms with E-state index in [1.807, 2.05) is 23.0 Å². The van der Waals surface area contributed by atoms with Gasteiger partial charge in [-0.15, -0.1) is 0 Å². The summed E-state index contributed by atoms with van der Waals surface area (Å²) in [5.41, 5.74) is 5.58. The molecule has 0 atom stereocenters. The molecule has 3 aromatic carbocycles. The van der Waals surface area contributed by atoms with Crippen molar-refractivity contribution in [3.63, 3.8) is 0 Å². The van der Waals surface area contributed by atoms with Gasteiger partial charge in [-0.2, -0.15) is 9.40 Å². The minimum Gasteiger partial charge on any atom is -0.317 e. The quantitative estimate of drug-likeness (QED) is 0.376. The fourth-order valence-corrected chi connectivity index (χ4v) is 7.58. The normalized spacial score (nSPS) is 18.2. The van der Waals surface area contributed by atoms with Gasteiger partial charge < -0.3 is 10.2 Å². The van der Waals surface area contributed by atoms with E-state index in [2.05, 4.69) is 66.8 Å². The van der Waals surface area contributed by atoms with Crippen molar-refractivity contribution < 1.29 is 8.42 Å². The van der Waals surface area contributed by atoms with E-state index in [0.29, 0.717) is 29.9 Å². The van der Waals surface area contributed by atoms with Crippen molar-refractivity contribution in [2.45, 2.75) is 42.5 Å². The molecule has 0 unspecified atom stereocenters. The van der Waals surface area contributed by atoms with Gasteiger partial charge in [0.05, 0.1) is 22.3 Å². The molecular weight excluding hydrogens is 506 g/mol. The second-order valence-electron chi connectivity index (χ2n) is 11.0. The SMILES string of the molecule is CN(C)C1CCN(S(=O)(=O)c2ccc(-n3ncc4c(-c5ccc(C6CCNCC6)cc5)cccc43)cc2)CC1. The van der Waals surface area contributed by atoms with Gasteiger partial charge in [-0.25, -0.2) is 13.1 Å². The molecule has 2 saturated heterocycles. The van der Waals surface area contributed by atoms with Gasteiger partial charge in [-0.3, -0.25) is 0 Å². The van der Waals surface area contributed by atoms with E-state index in [1.165, 1.54) is 24.0 Å². The summed E-state index contributed by atoms with van der Waals surface area (Å²) >= 11 is 0. The molecular formula is C31H37N5O2S. The minimum atomic E-state index is -3.51. The number of benzene rings is 3. The van der Waals surface area contributed by atoms with Crippen molar-refractivity contribution in [1.82, 2.24) is 24.3 Å². The van der Waals surface area contributed by atoms with Crippen LogP contribution < -0.4 is 5.32 Å². The maximum absolute atomic E-state index is 13.3. The van der Waals surface area contributed by atoms with Crippen molar-refractivity contribution in [3.05, 3.63) is 78.5 Å². The van der Waals surface area contributed by atoms with Crippen LogP contribution in [0.3, 0.4) is 0 Å². The molecule has 0 bridgehead atoms. The van der Waals surface area contributed by atoms with Crippen molar-refractivity contribution in [2.75, 3.05) is 40.3 Å². The number of hydrogen-bond acceptors (Lipinski definition) is 5. The highest BCUT2D eigenvalue weighted by atomic mass is 32.2. The van der Waals surface area contributed by atoms with Crippen LogP contribution in [0.5, 0.6) is 0 Å². The Morgan fingerprint density at radius 3 is 2.23 bits per heavy atom. The Hall–Kier alpha value is -3.04. The largest absolute Gasteiger partial charge is 0.317 e. The Morgan fingerprint density at radius 2 is 1.56 bits per heavy atom. The van der Waals surface area contributed by atoms with Crippen LogP contribution in [0.25, 0.3) is 27.7 Å². The molecule has 0 amide bonds. The van der Waals surface area contributed by atoms with E-state index in [4.69, 9.17) is 5.10 Å². The fraction of sp³-hybridized carbons (Fsp3) is 0.387. The highest BCUT2D eigenvalue weighted by Gasteiger charge is 2.30. The third-order valence-corrected chi connectivity index (χ3v) is 10.4. The summed E-state index contributed by atoms with van der Waals surface area (Å²) in [6, 6.07) is 22.8. The van der Waals surface area contributed by atoms with Crippen molar-refractivity contribution in [3.8, 4) is 16.8 Å². The Morgan fingerprint density at radius 1 is 0.872 bits per heavy atom. The molecule has 2 aliphatic rings. The molecule has 0 saturated carbocycles. The summed E-state index contributed by atoms with van der Waals surface area (Å²) < 4.78 is 30.1. The van der Waals surface area contributed by atoms with E-state index in [9.17, 15) is 8.42 Å². The zero-order chi connectivity index (χ0) is 27.0. The maximum Gasteiger partial charge on any atom is 0.243 e. The molecule has 4 aromatic rings. The minimum absolute atomic E-state index is 0.334. The van der Waals surface area contributed by atoms with E-state index in [-0.39, 0.29) is 0 Å². The molecule has 0 aliphatic carbocycles. The lowest BCUT2D eigenvalue weighted by atomic mass is 9.89. The van der Waals surface area contributed by atoms with E-state index in [1.54, 1.807) is 16.4 Å². The van der Waals surface area contributed by atoms with Gasteiger partial charge in [0.25, 0.3) is 0 Å². The number of aromatic nitrogens is 2. The molecule has 3 heterocycles. The van der Waals surface area contributed by atoms with Gasteiger partial charge in [-0.05, 0) is 106 Å². The summed E-state index contributed by atoms with van der Waals surface area (Å²) in [5.74, 6) is 0.635. The van der Waals surface area contributed by atoms with Crippen LogP contribution in [-0.4, -0.2) is 73.7 Å². The van der Waals surface area contributed by atoms with E-state index < -0.39 is 10.0 Å². The zero-order valence-corrected chi connectivity index (χ0v) is 23.6. The number of nitrogens with one attached hydrogen (secondary N) is 1. The maximum atomic E-state index is 13.3. The van der Waals surface area contributed by atoms with Crippen LogP contribution in [0.15, 0.2) is 77.8 Å². The predicted octanol–water partition coefficient (Wildman–Crippen LogP) is 4.87. The van der Waals surface area contributed by atoms with Crippen molar-refractivity contribution >= 4 is 20.9 Å². The first-order valence-corrected chi connectivity index (χ1v) is 15.4. The van der Waals surface area contributed by atoms with Crippen LogP contribution in [0.1, 0.15) is 37.2 Å². The van der Waals surface area contributed by atoms with E-state index in [0.717, 1.165) is 48.1 Å². The molecule has 0 radical (unpaired) electrons. The number of nitrogens with zero attached hydrogens (tertiary/aromatic N) is 4. The number of piperidine rings is 2. The highest BCUT2D eigenvalue weighted by Crippen LogP contribution is 2.33. The second-order valence-corrected chi connectivity index (χ2v) is 13.0. The molecule has 2 aliphatic heterocycles. The Kier molecular flexibility index (Phi) is 7.29. The molecule has 1 N–H and O–H groups in total. The Labute approximate surface area is 231 Å². The highest BCUT2D eigenvalue weighted by molar-refractivity contribution is 7.89. The topological polar surface area (TPSA) is 70.5 Å². The van der Waals surface area contributed by atoms with Crippen LogP contribution in [-0.2, 0) is 10.0 Å². The van der Waals surface area contributed by atoms with Crippen molar-refractivity contribution in [1.29, 1.82) is 0 Å². The third kappa shape index (κ3) is 5.14. The lowest BCUT2D eigenvalue weighted by Crippen LogP contribution is -2.44. The average Bonchev–Trinajstić information content (AvgIpc) is 3.42. The Balaban J connectivity index is 1.23. The van der Waals surface area contributed by atoms with Crippen molar-refractivity contribution in [2.24, 2.45) is 0 Å². The Bertz CT molecular complexity index is 1530. The first kappa shape index (κ1) is 26.2. The van der Waals surface area contributed by atoms with Crippen LogP contribution in [0, 0.1) is 0 Å². The van der Waals surface area contributed by atoms with Crippen LogP contribution in [0.4, 0.5) is 0 Å². The number of sulfonamides is 1. The lowest BCUT2D eigenvalue weighted by molar-refractivity contribution is 0.196. The number of fused-ring (bicyclic) bond motifs is 1. The standard InChI is InChI=1S/C31H37N5O2S/c1-34(2)26-16-20-35(21-17-26)39(37,38)28-12-10-27(11-13-28)36-31-5-3-4-29(30(31)22-33-36)25-8-6-23(7-9-25)24-14-18-32-19-15-24/h3-13,22,24,26,32H,14-21H2,1-2H3. The molecule has 1 aromatic heterocycles.